The largest absolute Gasteiger partial charge is 0.463 e. The Kier molecular flexibility index (Phi) is 4.94. The van der Waals surface area contributed by atoms with Gasteiger partial charge in [0.15, 0.2) is 0 Å². The van der Waals surface area contributed by atoms with E-state index in [1.54, 1.807) is 6.92 Å². The van der Waals surface area contributed by atoms with Gasteiger partial charge in [-0.2, -0.15) is 5.26 Å². The maximum absolute atomic E-state index is 12.5. The molecular weight excluding hydrogens is 288 g/mol. The highest BCUT2D eigenvalue weighted by Crippen LogP contribution is 2.52. The number of ether oxygens (including phenoxy) is 1. The van der Waals surface area contributed by atoms with Crippen molar-refractivity contribution in [2.45, 2.75) is 39.0 Å². The molecule has 6 heteroatoms. The van der Waals surface area contributed by atoms with Gasteiger partial charge in [-0.3, -0.25) is 4.79 Å². The second-order valence-electron chi connectivity index (χ2n) is 5.40. The fourth-order valence-electron chi connectivity index (χ4n) is 3.42. The Labute approximate surface area is 129 Å². The summed E-state index contributed by atoms with van der Waals surface area (Å²) >= 11 is 1.33. The van der Waals surface area contributed by atoms with Gasteiger partial charge in [-0.1, -0.05) is 19.3 Å². The number of thioether (sulfide) groups is 1. The fraction of sp³-hybridized carbons (Fsp3) is 0.667. The Balaban J connectivity index is 2.57. The van der Waals surface area contributed by atoms with Crippen LogP contribution < -0.4 is 5.32 Å². The molecule has 1 amide bonds. The summed E-state index contributed by atoms with van der Waals surface area (Å²) in [6.45, 7) is 2.04. The van der Waals surface area contributed by atoms with E-state index in [-0.39, 0.29) is 12.5 Å². The van der Waals surface area contributed by atoms with Crippen molar-refractivity contribution < 1.29 is 14.3 Å². The standard InChI is InChI=1S/C15H20N2O3S/c1-3-20-14(19)11-13(21-2)17-12(18)10(9-16)15(11)7-5-4-6-8-15/h10H,3-8H2,1-2H3,(H,17,18)/t10-/m1/s1. The first-order valence-corrected chi connectivity index (χ1v) is 8.49. The lowest BCUT2D eigenvalue weighted by Crippen LogP contribution is -2.50. The van der Waals surface area contributed by atoms with Crippen molar-refractivity contribution in [1.82, 2.24) is 5.32 Å². The number of rotatable bonds is 3. The quantitative estimate of drug-likeness (QED) is 0.810. The van der Waals surface area contributed by atoms with Gasteiger partial charge in [0.05, 0.1) is 23.3 Å². The molecule has 21 heavy (non-hydrogen) atoms. The molecular formula is C15H20N2O3S. The van der Waals surface area contributed by atoms with Crippen molar-refractivity contribution in [2.24, 2.45) is 11.3 Å². The van der Waals surface area contributed by atoms with E-state index in [0.29, 0.717) is 23.4 Å². The Bertz CT molecular complexity index is 516. The van der Waals surface area contributed by atoms with E-state index in [1.165, 1.54) is 11.8 Å². The van der Waals surface area contributed by atoms with Crippen LogP contribution in [0.5, 0.6) is 0 Å². The summed E-state index contributed by atoms with van der Waals surface area (Å²) in [6, 6.07) is 2.12. The number of nitriles is 1. The van der Waals surface area contributed by atoms with Crippen LogP contribution in [-0.4, -0.2) is 24.7 Å². The number of amides is 1. The predicted octanol–water partition coefficient (Wildman–Crippen LogP) is 2.34. The molecule has 1 spiro atoms. The molecule has 2 aliphatic rings. The second kappa shape index (κ2) is 6.52. The molecule has 1 heterocycles. The summed E-state index contributed by atoms with van der Waals surface area (Å²) in [7, 11) is 0. The monoisotopic (exact) mass is 308 g/mol. The maximum Gasteiger partial charge on any atom is 0.337 e. The third kappa shape index (κ3) is 2.67. The second-order valence-corrected chi connectivity index (χ2v) is 6.21. The lowest BCUT2D eigenvalue weighted by atomic mass is 9.60. The number of hydrogen-bond acceptors (Lipinski definition) is 5. The van der Waals surface area contributed by atoms with Crippen molar-refractivity contribution in [2.75, 3.05) is 12.9 Å². The highest BCUT2D eigenvalue weighted by molar-refractivity contribution is 8.02. The van der Waals surface area contributed by atoms with Gasteiger partial charge < -0.3 is 10.1 Å². The SMILES string of the molecule is CCOC(=O)C1=C(SC)NC(=O)[C@@H](C#N)C12CCCCC2. The third-order valence-corrected chi connectivity index (χ3v) is 5.05. The van der Waals surface area contributed by atoms with Gasteiger partial charge in [-0.15, -0.1) is 11.8 Å². The molecule has 1 aliphatic carbocycles. The van der Waals surface area contributed by atoms with Crippen LogP contribution in [0.2, 0.25) is 0 Å². The summed E-state index contributed by atoms with van der Waals surface area (Å²) in [4.78, 5) is 24.7. The first kappa shape index (κ1) is 15.9. The molecule has 0 aromatic rings. The molecule has 0 saturated heterocycles. The van der Waals surface area contributed by atoms with Crippen molar-refractivity contribution in [3.05, 3.63) is 10.6 Å². The predicted molar refractivity (Wildman–Crippen MR) is 79.9 cm³/mol. The van der Waals surface area contributed by atoms with E-state index in [0.717, 1.165) is 19.3 Å². The van der Waals surface area contributed by atoms with Crippen LogP contribution in [0, 0.1) is 22.7 Å². The molecule has 0 unspecified atom stereocenters. The lowest BCUT2D eigenvalue weighted by Gasteiger charge is -2.44. The molecule has 0 bridgehead atoms. The van der Waals surface area contributed by atoms with Crippen molar-refractivity contribution >= 4 is 23.6 Å². The summed E-state index contributed by atoms with van der Waals surface area (Å²) in [5, 5.41) is 12.7. The van der Waals surface area contributed by atoms with Crippen LogP contribution in [0.1, 0.15) is 39.0 Å². The lowest BCUT2D eigenvalue weighted by molar-refractivity contribution is -0.141. The number of nitrogens with one attached hydrogen (secondary N) is 1. The van der Waals surface area contributed by atoms with Crippen LogP contribution >= 0.6 is 11.8 Å². The van der Waals surface area contributed by atoms with E-state index in [2.05, 4.69) is 11.4 Å². The zero-order chi connectivity index (χ0) is 15.5. The number of nitrogens with zero attached hydrogens (tertiary/aromatic N) is 1. The molecule has 0 aromatic carbocycles. The van der Waals surface area contributed by atoms with Gasteiger partial charge in [-0.05, 0) is 26.0 Å². The number of esters is 1. The molecule has 5 nitrogen and oxygen atoms in total. The zero-order valence-corrected chi connectivity index (χ0v) is 13.2. The van der Waals surface area contributed by atoms with Crippen LogP contribution in [-0.2, 0) is 14.3 Å². The fourth-order valence-corrected chi connectivity index (χ4v) is 4.12. The smallest absolute Gasteiger partial charge is 0.337 e. The Morgan fingerprint density at radius 2 is 2.14 bits per heavy atom. The Morgan fingerprint density at radius 1 is 1.48 bits per heavy atom. The number of carbonyl (C=O) groups is 2. The molecule has 1 N–H and O–H groups in total. The normalized spacial score (nSPS) is 24.4. The Hall–Kier alpha value is -1.48. The van der Waals surface area contributed by atoms with E-state index in [9.17, 15) is 14.9 Å². The maximum atomic E-state index is 12.5. The van der Waals surface area contributed by atoms with Crippen LogP contribution in [0.3, 0.4) is 0 Å². The summed E-state index contributed by atoms with van der Waals surface area (Å²) in [6.07, 6.45) is 6.13. The third-order valence-electron chi connectivity index (χ3n) is 4.34. The molecule has 0 aromatic heterocycles. The van der Waals surface area contributed by atoms with Crippen LogP contribution in [0.15, 0.2) is 10.6 Å². The van der Waals surface area contributed by atoms with Crippen LogP contribution in [0.4, 0.5) is 0 Å². The molecule has 0 radical (unpaired) electrons. The van der Waals surface area contributed by atoms with Gasteiger partial charge in [-0.25, -0.2) is 4.79 Å². The van der Waals surface area contributed by atoms with E-state index in [4.69, 9.17) is 4.74 Å². The highest BCUT2D eigenvalue weighted by atomic mass is 32.2. The first-order valence-electron chi connectivity index (χ1n) is 7.27. The van der Waals surface area contributed by atoms with Crippen molar-refractivity contribution in [3.8, 4) is 6.07 Å². The van der Waals surface area contributed by atoms with Crippen LogP contribution in [0.25, 0.3) is 0 Å². The number of carbonyl (C=O) groups excluding carboxylic acids is 2. The van der Waals surface area contributed by atoms with E-state index < -0.39 is 17.3 Å². The van der Waals surface area contributed by atoms with Gasteiger partial charge in [0.25, 0.3) is 0 Å². The summed E-state index contributed by atoms with van der Waals surface area (Å²) in [5.41, 5.74) is -0.178. The molecule has 1 saturated carbocycles. The van der Waals surface area contributed by atoms with Gasteiger partial charge in [0.2, 0.25) is 5.91 Å². The average molecular weight is 308 g/mol. The molecule has 114 valence electrons. The van der Waals surface area contributed by atoms with Crippen molar-refractivity contribution in [3.63, 3.8) is 0 Å². The molecule has 1 aliphatic heterocycles. The average Bonchev–Trinajstić information content (AvgIpc) is 2.48. The van der Waals surface area contributed by atoms with Gasteiger partial charge >= 0.3 is 5.97 Å². The van der Waals surface area contributed by atoms with Gasteiger partial charge in [0, 0.05) is 5.41 Å². The Morgan fingerprint density at radius 3 is 2.67 bits per heavy atom. The topological polar surface area (TPSA) is 79.2 Å². The van der Waals surface area contributed by atoms with E-state index in [1.807, 2.05) is 6.26 Å². The minimum Gasteiger partial charge on any atom is -0.463 e. The molecule has 1 fully saturated rings. The van der Waals surface area contributed by atoms with Gasteiger partial charge in [0.1, 0.15) is 5.92 Å². The summed E-state index contributed by atoms with van der Waals surface area (Å²) in [5.74, 6) is -1.51. The molecule has 2 rings (SSSR count). The molecule has 1 atom stereocenters. The highest BCUT2D eigenvalue weighted by Gasteiger charge is 2.53. The minimum absolute atomic E-state index is 0.283. The zero-order valence-electron chi connectivity index (χ0n) is 12.4. The minimum atomic E-state index is -0.812. The number of hydrogen-bond donors (Lipinski definition) is 1. The van der Waals surface area contributed by atoms with E-state index >= 15 is 0 Å². The van der Waals surface area contributed by atoms with Crippen molar-refractivity contribution in [1.29, 1.82) is 5.26 Å². The first-order chi connectivity index (χ1) is 10.1. The summed E-state index contributed by atoms with van der Waals surface area (Å²) < 4.78 is 5.20.